The number of hydrogen-bond donors (Lipinski definition) is 2. The summed E-state index contributed by atoms with van der Waals surface area (Å²) < 4.78 is 31.4. The van der Waals surface area contributed by atoms with Gasteiger partial charge in [-0.25, -0.2) is 13.1 Å². The molecule has 1 aliphatic heterocycles. The van der Waals surface area contributed by atoms with Crippen LogP contribution >= 0.6 is 0 Å². The second kappa shape index (κ2) is 6.64. The van der Waals surface area contributed by atoms with Crippen molar-refractivity contribution in [2.75, 3.05) is 34.3 Å². The van der Waals surface area contributed by atoms with Crippen LogP contribution in [0.1, 0.15) is 16.8 Å². The molecule has 1 aromatic carbocycles. The molecule has 0 unspecified atom stereocenters. The lowest BCUT2D eigenvalue weighted by atomic mass is 10.1. The first-order valence-corrected chi connectivity index (χ1v) is 8.48. The number of nitrogens with zero attached hydrogens (tertiary/aromatic N) is 1. The van der Waals surface area contributed by atoms with E-state index in [0.29, 0.717) is 5.56 Å². The summed E-state index contributed by atoms with van der Waals surface area (Å²) in [7, 11) is 0.743. The lowest BCUT2D eigenvalue weighted by Crippen LogP contribution is -2.38. The molecule has 1 amide bonds. The van der Waals surface area contributed by atoms with Crippen LogP contribution in [0.15, 0.2) is 23.1 Å². The first-order chi connectivity index (χ1) is 10.4. The quantitative estimate of drug-likeness (QED) is 0.797. The lowest BCUT2D eigenvalue weighted by Gasteiger charge is -2.24. The molecule has 122 valence electrons. The van der Waals surface area contributed by atoms with Crippen LogP contribution in [0.5, 0.6) is 5.75 Å². The molecule has 1 aromatic rings. The largest absolute Gasteiger partial charge is 0.495 e. The third-order valence-electron chi connectivity index (χ3n) is 3.87. The molecule has 2 N–H and O–H groups in total. The average Bonchev–Trinajstić information content (AvgIpc) is 3.07. The molecule has 2 rings (SSSR count). The topological polar surface area (TPSA) is 87.7 Å². The SMILES string of the molecule is CNS(=O)(=O)c1cc(C(=O)N(C)[C@H]2CCNC2)ccc1OC. The molecule has 1 aliphatic rings. The van der Waals surface area contributed by atoms with Gasteiger partial charge in [-0.15, -0.1) is 0 Å². The zero-order chi connectivity index (χ0) is 16.3. The van der Waals surface area contributed by atoms with Crippen molar-refractivity contribution in [3.05, 3.63) is 23.8 Å². The number of carbonyl (C=O) groups is 1. The van der Waals surface area contributed by atoms with Gasteiger partial charge in [0, 0.05) is 25.2 Å². The summed E-state index contributed by atoms with van der Waals surface area (Å²) in [5, 5.41) is 3.20. The van der Waals surface area contributed by atoms with Gasteiger partial charge in [0.15, 0.2) is 0 Å². The highest BCUT2D eigenvalue weighted by atomic mass is 32.2. The number of nitrogens with one attached hydrogen (secondary N) is 2. The van der Waals surface area contributed by atoms with Gasteiger partial charge in [0.25, 0.3) is 5.91 Å². The van der Waals surface area contributed by atoms with Crippen molar-refractivity contribution < 1.29 is 17.9 Å². The molecule has 7 nitrogen and oxygen atoms in total. The number of hydrogen-bond acceptors (Lipinski definition) is 5. The Morgan fingerprint density at radius 2 is 2.18 bits per heavy atom. The van der Waals surface area contributed by atoms with E-state index in [1.54, 1.807) is 18.0 Å². The summed E-state index contributed by atoms with van der Waals surface area (Å²) in [6.45, 7) is 1.63. The number of amides is 1. The molecule has 0 aliphatic carbocycles. The summed E-state index contributed by atoms with van der Waals surface area (Å²) in [6, 6.07) is 4.55. The van der Waals surface area contributed by atoms with E-state index < -0.39 is 10.0 Å². The number of benzene rings is 1. The first-order valence-electron chi connectivity index (χ1n) is 7.00. The minimum atomic E-state index is -3.70. The van der Waals surface area contributed by atoms with E-state index in [-0.39, 0.29) is 22.6 Å². The molecule has 1 atom stereocenters. The Bertz CT molecular complexity index is 654. The van der Waals surface area contributed by atoms with E-state index in [1.165, 1.54) is 26.3 Å². The Hall–Kier alpha value is -1.64. The molecule has 0 saturated carbocycles. The van der Waals surface area contributed by atoms with Crippen molar-refractivity contribution >= 4 is 15.9 Å². The molecular formula is C14H21N3O4S. The lowest BCUT2D eigenvalue weighted by molar-refractivity contribution is 0.0743. The van der Waals surface area contributed by atoms with Crippen LogP contribution in [0.25, 0.3) is 0 Å². The van der Waals surface area contributed by atoms with E-state index in [9.17, 15) is 13.2 Å². The Balaban J connectivity index is 2.36. The van der Waals surface area contributed by atoms with Crippen molar-refractivity contribution in [1.82, 2.24) is 14.9 Å². The van der Waals surface area contributed by atoms with Crippen LogP contribution in [0.4, 0.5) is 0 Å². The monoisotopic (exact) mass is 327 g/mol. The smallest absolute Gasteiger partial charge is 0.253 e. The van der Waals surface area contributed by atoms with Crippen LogP contribution in [0, 0.1) is 0 Å². The first kappa shape index (κ1) is 16.7. The Kier molecular flexibility index (Phi) is 5.05. The maximum atomic E-state index is 12.5. The Morgan fingerprint density at radius 1 is 1.45 bits per heavy atom. The molecule has 0 radical (unpaired) electrons. The van der Waals surface area contributed by atoms with Crippen molar-refractivity contribution in [3.8, 4) is 5.75 Å². The zero-order valence-electron chi connectivity index (χ0n) is 12.9. The zero-order valence-corrected chi connectivity index (χ0v) is 13.7. The number of rotatable bonds is 5. The molecule has 22 heavy (non-hydrogen) atoms. The Labute approximate surface area is 130 Å². The van der Waals surface area contributed by atoms with Crippen LogP contribution in [-0.4, -0.2) is 59.6 Å². The van der Waals surface area contributed by atoms with E-state index in [2.05, 4.69) is 10.0 Å². The standard InChI is InChI=1S/C14H21N3O4S/c1-15-22(19,20)13-8-10(4-5-12(13)21-3)14(18)17(2)11-6-7-16-9-11/h4-5,8,11,15-16H,6-7,9H2,1-3H3/t11-/m0/s1. The van der Waals surface area contributed by atoms with Crippen molar-refractivity contribution in [3.63, 3.8) is 0 Å². The maximum absolute atomic E-state index is 12.5. The summed E-state index contributed by atoms with van der Waals surface area (Å²) >= 11 is 0. The fourth-order valence-electron chi connectivity index (χ4n) is 2.47. The van der Waals surface area contributed by atoms with E-state index in [4.69, 9.17) is 4.74 Å². The van der Waals surface area contributed by atoms with Gasteiger partial charge in [0.05, 0.1) is 7.11 Å². The minimum absolute atomic E-state index is 0.0405. The number of methoxy groups -OCH3 is 1. The third-order valence-corrected chi connectivity index (χ3v) is 5.31. The minimum Gasteiger partial charge on any atom is -0.495 e. The molecule has 0 bridgehead atoms. The summed E-state index contributed by atoms with van der Waals surface area (Å²) in [4.78, 5) is 14.2. The van der Waals surface area contributed by atoms with Gasteiger partial charge >= 0.3 is 0 Å². The number of sulfonamides is 1. The molecule has 1 saturated heterocycles. The molecule has 8 heteroatoms. The summed E-state index contributed by atoms with van der Waals surface area (Å²) in [6.07, 6.45) is 0.889. The van der Waals surface area contributed by atoms with Crippen LogP contribution in [0.3, 0.4) is 0 Å². The summed E-state index contributed by atoms with van der Waals surface area (Å²) in [5.41, 5.74) is 0.323. The highest BCUT2D eigenvalue weighted by Crippen LogP contribution is 2.25. The average molecular weight is 327 g/mol. The second-order valence-corrected chi connectivity index (χ2v) is 6.99. The highest BCUT2D eigenvalue weighted by molar-refractivity contribution is 7.89. The van der Waals surface area contributed by atoms with E-state index >= 15 is 0 Å². The predicted molar refractivity (Wildman–Crippen MR) is 82.6 cm³/mol. The van der Waals surface area contributed by atoms with Crippen molar-refractivity contribution in [2.24, 2.45) is 0 Å². The second-order valence-electron chi connectivity index (χ2n) is 5.14. The number of carbonyl (C=O) groups excluding carboxylic acids is 1. The van der Waals surface area contributed by atoms with Gasteiger partial charge in [-0.3, -0.25) is 4.79 Å². The Morgan fingerprint density at radius 3 is 2.73 bits per heavy atom. The fraction of sp³-hybridized carbons (Fsp3) is 0.500. The molecule has 0 spiro atoms. The van der Waals surface area contributed by atoms with Crippen LogP contribution < -0.4 is 14.8 Å². The third kappa shape index (κ3) is 3.23. The van der Waals surface area contributed by atoms with Crippen LogP contribution in [0.2, 0.25) is 0 Å². The predicted octanol–water partition coefficient (Wildman–Crippen LogP) is 0.0372. The van der Waals surface area contributed by atoms with Gasteiger partial charge in [-0.05, 0) is 38.2 Å². The maximum Gasteiger partial charge on any atom is 0.253 e. The van der Waals surface area contributed by atoms with Crippen LogP contribution in [-0.2, 0) is 10.0 Å². The van der Waals surface area contributed by atoms with Gasteiger partial charge in [0.1, 0.15) is 10.6 Å². The molecule has 1 fully saturated rings. The molecular weight excluding hydrogens is 306 g/mol. The van der Waals surface area contributed by atoms with Gasteiger partial charge in [-0.2, -0.15) is 0 Å². The van der Waals surface area contributed by atoms with Crippen molar-refractivity contribution in [2.45, 2.75) is 17.4 Å². The van der Waals surface area contributed by atoms with E-state index in [1.807, 2.05) is 0 Å². The highest BCUT2D eigenvalue weighted by Gasteiger charge is 2.26. The van der Waals surface area contributed by atoms with Crippen molar-refractivity contribution in [1.29, 1.82) is 0 Å². The fourth-order valence-corrected chi connectivity index (χ4v) is 3.39. The van der Waals surface area contributed by atoms with E-state index in [0.717, 1.165) is 19.5 Å². The number of ether oxygens (including phenoxy) is 1. The normalized spacial score (nSPS) is 18.2. The molecule has 0 aromatic heterocycles. The number of likely N-dealkylation sites (N-methyl/N-ethyl adjacent to an activating group) is 1. The van der Waals surface area contributed by atoms with Gasteiger partial charge in [0.2, 0.25) is 10.0 Å². The van der Waals surface area contributed by atoms with Gasteiger partial charge < -0.3 is 15.0 Å². The van der Waals surface area contributed by atoms with Gasteiger partial charge in [-0.1, -0.05) is 0 Å². The molecule has 1 heterocycles. The summed E-state index contributed by atoms with van der Waals surface area (Å²) in [5.74, 6) is -0.00000719.